The van der Waals surface area contributed by atoms with Crippen molar-refractivity contribution in [3.63, 3.8) is 0 Å². The Kier molecular flexibility index (Phi) is 3.71. The van der Waals surface area contributed by atoms with E-state index in [-0.39, 0.29) is 12.5 Å². The van der Waals surface area contributed by atoms with Gasteiger partial charge in [-0.2, -0.15) is 5.26 Å². The molecule has 0 atom stereocenters. The molecule has 0 spiro atoms. The van der Waals surface area contributed by atoms with Gasteiger partial charge < -0.3 is 5.32 Å². The van der Waals surface area contributed by atoms with Gasteiger partial charge >= 0.3 is 0 Å². The Balaban J connectivity index is 4.14. The minimum absolute atomic E-state index is 0.0826. The Hall–Kier alpha value is -1.08. The van der Waals surface area contributed by atoms with Crippen molar-refractivity contribution in [3.8, 4) is 6.07 Å². The summed E-state index contributed by atoms with van der Waals surface area (Å²) >= 11 is 0. The first kappa shape index (κ1) is 10.9. The third kappa shape index (κ3) is 2.89. The first-order valence-corrected chi connectivity index (χ1v) is 3.77. The van der Waals surface area contributed by atoms with Crippen molar-refractivity contribution < 1.29 is 4.79 Å². The summed E-state index contributed by atoms with van der Waals surface area (Å²) in [6.45, 7) is 3.79. The second-order valence-corrected chi connectivity index (χ2v) is 3.20. The highest BCUT2D eigenvalue weighted by Gasteiger charge is 2.23. The van der Waals surface area contributed by atoms with Gasteiger partial charge in [0.2, 0.25) is 5.91 Å². The van der Waals surface area contributed by atoms with Crippen molar-refractivity contribution >= 4 is 5.91 Å². The number of hydrogen-bond acceptors (Lipinski definition) is 3. The largest absolute Gasteiger partial charge is 0.358 e. The number of hydrogen-bond donors (Lipinski definition) is 1. The number of nitriles is 1. The van der Waals surface area contributed by atoms with Gasteiger partial charge in [-0.25, -0.2) is 0 Å². The highest BCUT2D eigenvalue weighted by Crippen LogP contribution is 2.08. The monoisotopic (exact) mass is 169 g/mol. The maximum atomic E-state index is 10.9. The minimum atomic E-state index is -0.591. The number of carbonyl (C=O) groups is 1. The van der Waals surface area contributed by atoms with Gasteiger partial charge in [-0.3, -0.25) is 9.69 Å². The average Bonchev–Trinajstić information content (AvgIpc) is 2.04. The van der Waals surface area contributed by atoms with Gasteiger partial charge in [-0.15, -0.1) is 0 Å². The molecule has 0 saturated heterocycles. The summed E-state index contributed by atoms with van der Waals surface area (Å²) in [6.07, 6.45) is 0. The van der Waals surface area contributed by atoms with E-state index in [1.165, 1.54) is 0 Å². The fraction of sp³-hybridized carbons (Fsp3) is 0.750. The molecule has 68 valence electrons. The Morgan fingerprint density at radius 2 is 2.17 bits per heavy atom. The van der Waals surface area contributed by atoms with Gasteiger partial charge in [0.15, 0.2) is 0 Å². The van der Waals surface area contributed by atoms with Crippen LogP contribution in [0.5, 0.6) is 0 Å². The van der Waals surface area contributed by atoms with Crippen LogP contribution < -0.4 is 5.32 Å². The number of nitrogens with one attached hydrogen (secondary N) is 1. The maximum absolute atomic E-state index is 10.9. The molecule has 1 N–H and O–H groups in total. The van der Waals surface area contributed by atoms with E-state index < -0.39 is 5.54 Å². The zero-order valence-corrected chi connectivity index (χ0v) is 8.01. The molecule has 4 nitrogen and oxygen atoms in total. The molecule has 0 unspecified atom stereocenters. The van der Waals surface area contributed by atoms with Crippen LogP contribution in [0.15, 0.2) is 0 Å². The van der Waals surface area contributed by atoms with E-state index >= 15 is 0 Å². The molecule has 0 aliphatic heterocycles. The van der Waals surface area contributed by atoms with Crippen molar-refractivity contribution in [2.24, 2.45) is 0 Å². The predicted octanol–water partition coefficient (Wildman–Crippen LogP) is -0.0336. The smallest absolute Gasteiger partial charge is 0.233 e. The number of amides is 1. The zero-order chi connectivity index (χ0) is 9.78. The second-order valence-electron chi connectivity index (χ2n) is 3.20. The zero-order valence-electron chi connectivity index (χ0n) is 8.01. The van der Waals surface area contributed by atoms with Gasteiger partial charge in [0, 0.05) is 7.05 Å². The molecule has 0 heterocycles. The van der Waals surface area contributed by atoms with Crippen molar-refractivity contribution in [1.82, 2.24) is 10.2 Å². The number of nitrogens with zero attached hydrogens (tertiary/aromatic N) is 2. The van der Waals surface area contributed by atoms with E-state index in [0.29, 0.717) is 0 Å². The van der Waals surface area contributed by atoms with E-state index in [9.17, 15) is 4.79 Å². The lowest BCUT2D eigenvalue weighted by Gasteiger charge is -2.27. The summed E-state index contributed by atoms with van der Waals surface area (Å²) in [4.78, 5) is 12.6. The fourth-order valence-electron chi connectivity index (χ4n) is 0.577. The van der Waals surface area contributed by atoms with E-state index in [0.717, 1.165) is 0 Å². The molecule has 0 radical (unpaired) electrons. The Morgan fingerprint density at radius 1 is 1.67 bits per heavy atom. The van der Waals surface area contributed by atoms with Crippen molar-refractivity contribution in [2.75, 3.05) is 20.6 Å². The highest BCUT2D eigenvalue weighted by atomic mass is 16.1. The first-order chi connectivity index (χ1) is 5.44. The predicted molar refractivity (Wildman–Crippen MR) is 46.4 cm³/mol. The van der Waals surface area contributed by atoms with E-state index in [2.05, 4.69) is 11.4 Å². The topological polar surface area (TPSA) is 56.1 Å². The molecule has 12 heavy (non-hydrogen) atoms. The summed E-state index contributed by atoms with van der Waals surface area (Å²) in [5.74, 6) is -0.0826. The van der Waals surface area contributed by atoms with Crippen LogP contribution in [0.25, 0.3) is 0 Å². The average molecular weight is 169 g/mol. The van der Waals surface area contributed by atoms with Gasteiger partial charge in [0.25, 0.3) is 0 Å². The first-order valence-electron chi connectivity index (χ1n) is 3.77. The van der Waals surface area contributed by atoms with E-state index in [1.807, 2.05) is 0 Å². The number of likely N-dealkylation sites (N-methyl/N-ethyl adjacent to an activating group) is 2. The van der Waals surface area contributed by atoms with Gasteiger partial charge in [-0.1, -0.05) is 0 Å². The fourth-order valence-corrected chi connectivity index (χ4v) is 0.577. The van der Waals surface area contributed by atoms with Gasteiger partial charge in [-0.05, 0) is 20.9 Å². The van der Waals surface area contributed by atoms with Crippen LogP contribution in [0, 0.1) is 11.3 Å². The van der Waals surface area contributed by atoms with E-state index in [4.69, 9.17) is 5.26 Å². The number of rotatable bonds is 3. The Labute approximate surface area is 73.2 Å². The third-order valence-corrected chi connectivity index (χ3v) is 1.89. The van der Waals surface area contributed by atoms with Gasteiger partial charge in [0.1, 0.15) is 5.54 Å². The van der Waals surface area contributed by atoms with Crippen LogP contribution in [0.1, 0.15) is 13.8 Å². The molecule has 4 heteroatoms. The summed E-state index contributed by atoms with van der Waals surface area (Å²) in [5.41, 5.74) is -0.591. The molecule has 0 aromatic carbocycles. The van der Waals surface area contributed by atoms with Crippen molar-refractivity contribution in [1.29, 1.82) is 5.26 Å². The quantitative estimate of drug-likeness (QED) is 0.645. The summed E-state index contributed by atoms with van der Waals surface area (Å²) in [6, 6.07) is 2.12. The highest BCUT2D eigenvalue weighted by molar-refractivity contribution is 5.77. The molecule has 0 bridgehead atoms. The molecule has 0 rings (SSSR count). The standard InChI is InChI=1S/C8H15N3O/c1-8(2,6-9)11(4)5-7(12)10-3/h5H2,1-4H3,(H,10,12). The SMILES string of the molecule is CNC(=O)CN(C)C(C)(C)C#N. The van der Waals surface area contributed by atoms with Crippen LogP contribution in [0.4, 0.5) is 0 Å². The molecule has 1 amide bonds. The Bertz CT molecular complexity index is 205. The van der Waals surface area contributed by atoms with Crippen molar-refractivity contribution in [2.45, 2.75) is 19.4 Å². The maximum Gasteiger partial charge on any atom is 0.233 e. The van der Waals surface area contributed by atoms with Crippen LogP contribution in [-0.4, -0.2) is 37.0 Å². The van der Waals surface area contributed by atoms with Crippen molar-refractivity contribution in [3.05, 3.63) is 0 Å². The lowest BCUT2D eigenvalue weighted by molar-refractivity contribution is -0.122. The van der Waals surface area contributed by atoms with Crippen LogP contribution in [0.2, 0.25) is 0 Å². The summed E-state index contributed by atoms with van der Waals surface area (Å²) in [5, 5.41) is 11.2. The number of carbonyl (C=O) groups excluding carboxylic acids is 1. The molecule has 0 fully saturated rings. The molecule has 0 saturated carbocycles. The molecular weight excluding hydrogens is 154 g/mol. The third-order valence-electron chi connectivity index (χ3n) is 1.89. The Morgan fingerprint density at radius 3 is 2.50 bits per heavy atom. The lowest BCUT2D eigenvalue weighted by atomic mass is 10.1. The van der Waals surface area contributed by atoms with Gasteiger partial charge in [0.05, 0.1) is 12.6 Å². The minimum Gasteiger partial charge on any atom is -0.358 e. The summed E-state index contributed by atoms with van der Waals surface area (Å²) < 4.78 is 0. The normalized spacial score (nSPS) is 11.0. The van der Waals surface area contributed by atoms with Crippen LogP contribution >= 0.6 is 0 Å². The lowest BCUT2D eigenvalue weighted by Crippen LogP contribution is -2.45. The summed E-state index contributed by atoms with van der Waals surface area (Å²) in [7, 11) is 3.33. The second kappa shape index (κ2) is 4.07. The van der Waals surface area contributed by atoms with E-state index in [1.54, 1.807) is 32.8 Å². The van der Waals surface area contributed by atoms with Crippen LogP contribution in [-0.2, 0) is 4.79 Å². The van der Waals surface area contributed by atoms with Crippen LogP contribution in [0.3, 0.4) is 0 Å². The molecule has 0 aromatic heterocycles. The molecular formula is C8H15N3O. The molecule has 0 aliphatic carbocycles. The molecule has 0 aromatic rings. The molecule has 0 aliphatic rings.